The normalized spacial score (nSPS) is 52.6. The minimum absolute atomic E-state index is 0.664. The van der Waals surface area contributed by atoms with Crippen molar-refractivity contribution in [2.45, 2.75) is 37.6 Å². The van der Waals surface area contributed by atoms with E-state index in [1.54, 1.807) is 0 Å². The zero-order chi connectivity index (χ0) is 8.59. The van der Waals surface area contributed by atoms with Crippen LogP contribution >= 0.6 is 0 Å². The predicted octanol–water partition coefficient (Wildman–Crippen LogP) is -2.19. The van der Waals surface area contributed by atoms with E-state index >= 15 is 0 Å². The lowest BCUT2D eigenvalue weighted by molar-refractivity contribution is -0.277. The van der Waals surface area contributed by atoms with Gasteiger partial charge in [0.05, 0.1) is 6.10 Å². The first-order valence-corrected chi connectivity index (χ1v) is 3.41. The molecule has 5 heteroatoms. The number of aliphatic hydroxyl groups is 4. The molecule has 1 rings (SSSR count). The van der Waals surface area contributed by atoms with Crippen molar-refractivity contribution in [1.82, 2.24) is 0 Å². The molecule has 0 bridgehead atoms. The molecular formula is C6H12O5. The van der Waals surface area contributed by atoms with Gasteiger partial charge >= 0.3 is 0 Å². The van der Waals surface area contributed by atoms with Crippen molar-refractivity contribution in [2.75, 3.05) is 0 Å². The molecule has 0 aromatic carbocycles. The summed E-state index contributed by atoms with van der Waals surface area (Å²) in [6.07, 6.45) is -5.99. The Morgan fingerprint density at radius 3 is 2.00 bits per heavy atom. The summed E-state index contributed by atoms with van der Waals surface area (Å²) in [4.78, 5) is 0. The largest absolute Gasteiger partial charge is 0.388 e. The Morgan fingerprint density at radius 1 is 0.909 bits per heavy atom. The van der Waals surface area contributed by atoms with Crippen molar-refractivity contribution < 1.29 is 25.2 Å². The van der Waals surface area contributed by atoms with Gasteiger partial charge in [-0.25, -0.2) is 0 Å². The first kappa shape index (κ1) is 8.89. The fraction of sp³-hybridized carbons (Fsp3) is 1.00. The predicted molar refractivity (Wildman–Crippen MR) is 34.6 cm³/mol. The molecule has 11 heavy (non-hydrogen) atoms. The van der Waals surface area contributed by atoms with Crippen molar-refractivity contribution in [3.63, 3.8) is 0 Å². The van der Waals surface area contributed by atoms with E-state index in [4.69, 9.17) is 20.4 Å². The van der Waals surface area contributed by atoms with Gasteiger partial charge in [-0.15, -0.1) is 0 Å². The molecule has 66 valence electrons. The van der Waals surface area contributed by atoms with Gasteiger partial charge in [0, 0.05) is 0 Å². The average Bonchev–Trinajstić information content (AvgIpc) is 1.97. The van der Waals surface area contributed by atoms with Crippen LogP contribution in [0.25, 0.3) is 0 Å². The summed E-state index contributed by atoms with van der Waals surface area (Å²) in [5, 5.41) is 36.0. The van der Waals surface area contributed by atoms with E-state index in [9.17, 15) is 0 Å². The van der Waals surface area contributed by atoms with E-state index in [-0.39, 0.29) is 0 Å². The number of aliphatic hydroxyl groups excluding tert-OH is 4. The Hall–Kier alpha value is -0.200. The van der Waals surface area contributed by atoms with Crippen LogP contribution in [-0.2, 0) is 4.74 Å². The van der Waals surface area contributed by atoms with Crippen LogP contribution in [0.4, 0.5) is 0 Å². The van der Waals surface area contributed by atoms with Gasteiger partial charge in [-0.3, -0.25) is 0 Å². The fourth-order valence-corrected chi connectivity index (χ4v) is 1.03. The zero-order valence-electron chi connectivity index (χ0n) is 6.08. The molecule has 0 radical (unpaired) electrons. The molecule has 1 fully saturated rings. The second kappa shape index (κ2) is 3.04. The number of rotatable bonds is 0. The lowest BCUT2D eigenvalue weighted by Crippen LogP contribution is -2.56. The van der Waals surface area contributed by atoms with Gasteiger partial charge in [-0.05, 0) is 6.92 Å². The number of ether oxygens (including phenoxy) is 1. The van der Waals surface area contributed by atoms with Crippen LogP contribution < -0.4 is 0 Å². The summed E-state index contributed by atoms with van der Waals surface area (Å²) in [5.41, 5.74) is 0. The van der Waals surface area contributed by atoms with Crippen LogP contribution in [0.2, 0.25) is 0 Å². The lowest BCUT2D eigenvalue weighted by Gasteiger charge is -2.36. The molecule has 0 aromatic rings. The van der Waals surface area contributed by atoms with Crippen molar-refractivity contribution >= 4 is 0 Å². The molecule has 0 unspecified atom stereocenters. The topological polar surface area (TPSA) is 90.2 Å². The smallest absolute Gasteiger partial charge is 0.183 e. The Kier molecular flexibility index (Phi) is 2.46. The Balaban J connectivity index is 2.63. The van der Waals surface area contributed by atoms with Gasteiger partial charge in [-0.1, -0.05) is 0 Å². The maximum atomic E-state index is 9.09. The summed E-state index contributed by atoms with van der Waals surface area (Å²) in [6, 6.07) is 0. The third-order valence-electron chi connectivity index (χ3n) is 1.83. The molecule has 0 amide bonds. The van der Waals surface area contributed by atoms with Crippen LogP contribution in [0.3, 0.4) is 0 Å². The Morgan fingerprint density at radius 2 is 1.45 bits per heavy atom. The van der Waals surface area contributed by atoms with Gasteiger partial charge < -0.3 is 25.2 Å². The van der Waals surface area contributed by atoms with E-state index in [1.165, 1.54) is 6.92 Å². The van der Waals surface area contributed by atoms with Gasteiger partial charge in [-0.2, -0.15) is 0 Å². The molecule has 0 aromatic heterocycles. The highest BCUT2D eigenvalue weighted by atomic mass is 16.6. The summed E-state index contributed by atoms with van der Waals surface area (Å²) >= 11 is 0. The van der Waals surface area contributed by atoms with Crippen LogP contribution in [-0.4, -0.2) is 51.1 Å². The van der Waals surface area contributed by atoms with E-state index in [1.807, 2.05) is 0 Å². The minimum Gasteiger partial charge on any atom is -0.388 e. The van der Waals surface area contributed by atoms with Gasteiger partial charge in [0.15, 0.2) is 6.29 Å². The molecule has 0 spiro atoms. The van der Waals surface area contributed by atoms with Crippen LogP contribution in [0.5, 0.6) is 0 Å². The van der Waals surface area contributed by atoms with Crippen molar-refractivity contribution in [1.29, 1.82) is 0 Å². The van der Waals surface area contributed by atoms with Gasteiger partial charge in [0.25, 0.3) is 0 Å². The monoisotopic (exact) mass is 164 g/mol. The second-order valence-electron chi connectivity index (χ2n) is 2.70. The molecule has 0 aliphatic carbocycles. The minimum atomic E-state index is -1.43. The molecular weight excluding hydrogens is 152 g/mol. The second-order valence-corrected chi connectivity index (χ2v) is 2.70. The molecule has 1 aliphatic rings. The average molecular weight is 164 g/mol. The molecule has 1 saturated heterocycles. The first-order valence-electron chi connectivity index (χ1n) is 3.41. The highest BCUT2D eigenvalue weighted by molar-refractivity contribution is 4.86. The summed E-state index contributed by atoms with van der Waals surface area (Å²) < 4.78 is 4.68. The highest BCUT2D eigenvalue weighted by Gasteiger charge is 2.40. The summed E-state index contributed by atoms with van der Waals surface area (Å²) in [5.74, 6) is 0. The van der Waals surface area contributed by atoms with E-state index in [2.05, 4.69) is 4.74 Å². The SMILES string of the molecule is C[C@@H]1O[C@@H](O)[C@@H](O)[C@H](O)[C@H]1O. The third-order valence-corrected chi connectivity index (χ3v) is 1.83. The molecule has 1 aliphatic heterocycles. The maximum absolute atomic E-state index is 9.09. The van der Waals surface area contributed by atoms with E-state index in [0.717, 1.165) is 0 Å². The number of hydrogen-bond donors (Lipinski definition) is 4. The van der Waals surface area contributed by atoms with Gasteiger partial charge in [0.1, 0.15) is 18.3 Å². The molecule has 1 heterocycles. The summed E-state index contributed by atoms with van der Waals surface area (Å²) in [6.45, 7) is 1.50. The number of hydrogen-bond acceptors (Lipinski definition) is 5. The van der Waals surface area contributed by atoms with Crippen LogP contribution in [0, 0.1) is 0 Å². The van der Waals surface area contributed by atoms with Gasteiger partial charge in [0.2, 0.25) is 0 Å². The standard InChI is InChI=1S/C6H12O5/c1-2-3(7)4(8)5(9)6(10)11-2/h2-10H,1H3/t2-,3-,4+,5-,6+/m0/s1. The zero-order valence-corrected chi connectivity index (χ0v) is 6.08. The third kappa shape index (κ3) is 1.52. The highest BCUT2D eigenvalue weighted by Crippen LogP contribution is 2.18. The van der Waals surface area contributed by atoms with Crippen LogP contribution in [0.15, 0.2) is 0 Å². The quantitative estimate of drug-likeness (QED) is 0.326. The first-order chi connectivity index (χ1) is 5.04. The van der Waals surface area contributed by atoms with E-state index < -0.39 is 30.7 Å². The van der Waals surface area contributed by atoms with Crippen molar-refractivity contribution in [3.05, 3.63) is 0 Å². The van der Waals surface area contributed by atoms with Crippen molar-refractivity contribution in [3.8, 4) is 0 Å². The van der Waals surface area contributed by atoms with E-state index in [0.29, 0.717) is 0 Å². The van der Waals surface area contributed by atoms with Crippen LogP contribution in [0.1, 0.15) is 6.92 Å². The molecule has 5 atom stereocenters. The molecule has 0 saturated carbocycles. The maximum Gasteiger partial charge on any atom is 0.183 e. The molecule has 5 nitrogen and oxygen atoms in total. The Labute approximate surface area is 63.8 Å². The van der Waals surface area contributed by atoms with Crippen molar-refractivity contribution in [2.24, 2.45) is 0 Å². The summed E-state index contributed by atoms with van der Waals surface area (Å²) in [7, 11) is 0. The Bertz CT molecular complexity index is 125. The molecule has 4 N–H and O–H groups in total. The lowest BCUT2D eigenvalue weighted by atomic mass is 10.0. The fourth-order valence-electron chi connectivity index (χ4n) is 1.03.